The number of rotatable bonds is 9. The molecule has 0 spiro atoms. The first kappa shape index (κ1) is 29.7. The van der Waals surface area contributed by atoms with Gasteiger partial charge in [0.25, 0.3) is 5.79 Å². The molecule has 0 N–H and O–H groups in total. The second kappa shape index (κ2) is 12.3. The topological polar surface area (TPSA) is 75.0 Å². The minimum absolute atomic E-state index is 0.156. The number of halogens is 2. The first-order chi connectivity index (χ1) is 20.7. The normalized spacial score (nSPS) is 22.4. The van der Waals surface area contributed by atoms with E-state index < -0.39 is 11.6 Å². The Kier molecular flexibility index (Phi) is 8.49. The summed E-state index contributed by atoms with van der Waals surface area (Å²) >= 11 is 5.97. The largest absolute Gasteiger partial charge is 0.463 e. The van der Waals surface area contributed by atoms with E-state index in [1.165, 1.54) is 6.07 Å². The van der Waals surface area contributed by atoms with Crippen molar-refractivity contribution in [2.24, 2.45) is 0 Å². The number of carbonyl (C=O) groups excluding carboxylic acids is 1. The van der Waals surface area contributed by atoms with Gasteiger partial charge in [0.2, 0.25) is 0 Å². The molecule has 228 valence electrons. The van der Waals surface area contributed by atoms with E-state index in [-0.39, 0.29) is 18.0 Å². The minimum atomic E-state index is -1.27. The van der Waals surface area contributed by atoms with Gasteiger partial charge in [0.15, 0.2) is 11.5 Å². The van der Waals surface area contributed by atoms with Crippen LogP contribution in [0.25, 0.3) is 6.08 Å². The molecule has 1 aromatic heterocycles. The number of fused-ring (bicyclic) bond motifs is 1. The summed E-state index contributed by atoms with van der Waals surface area (Å²) in [7, 11) is 0. The molecule has 8 nitrogen and oxygen atoms in total. The second-order valence-electron chi connectivity index (χ2n) is 11.5. The maximum atomic E-state index is 14.8. The van der Waals surface area contributed by atoms with Gasteiger partial charge >= 0.3 is 5.97 Å². The highest BCUT2D eigenvalue weighted by molar-refractivity contribution is 6.30. The van der Waals surface area contributed by atoms with Crippen LogP contribution in [0, 0.1) is 5.82 Å². The monoisotopic (exact) mass is 609 g/mol. The maximum Gasteiger partial charge on any atom is 0.333 e. The van der Waals surface area contributed by atoms with Gasteiger partial charge in [-0.3, -0.25) is 4.90 Å². The highest BCUT2D eigenvalue weighted by Gasteiger charge is 2.43. The average Bonchev–Trinajstić information content (AvgIpc) is 3.50. The fraction of sp³-hybridized carbons (Fsp3) is 0.455. The van der Waals surface area contributed by atoms with Crippen LogP contribution in [-0.2, 0) is 33.1 Å². The number of para-hydroxylation sites is 1. The molecule has 3 aromatic rings. The van der Waals surface area contributed by atoms with E-state index in [4.69, 9.17) is 35.5 Å². The maximum absolute atomic E-state index is 14.8. The van der Waals surface area contributed by atoms with Gasteiger partial charge in [0.05, 0.1) is 43.3 Å². The number of aromatic nitrogens is 2. The summed E-state index contributed by atoms with van der Waals surface area (Å²) in [4.78, 5) is 19.4. The van der Waals surface area contributed by atoms with E-state index in [0.29, 0.717) is 47.4 Å². The zero-order valence-corrected chi connectivity index (χ0v) is 25.5. The smallest absolute Gasteiger partial charge is 0.333 e. The van der Waals surface area contributed by atoms with E-state index in [2.05, 4.69) is 15.5 Å². The number of imidazole rings is 1. The Morgan fingerprint density at radius 3 is 2.70 bits per heavy atom. The molecule has 0 radical (unpaired) electrons. The lowest BCUT2D eigenvalue weighted by Gasteiger charge is -2.33. The Bertz CT molecular complexity index is 1530. The van der Waals surface area contributed by atoms with Gasteiger partial charge in [-0.1, -0.05) is 23.7 Å². The molecular weight excluding hydrogens is 573 g/mol. The second-order valence-corrected chi connectivity index (χ2v) is 12.0. The molecule has 43 heavy (non-hydrogen) atoms. The molecule has 10 heteroatoms. The SMILES string of the molecule is CCOC(=O)/C(C)=C/c1cnc(CN2CCC(c3cccc4c3O[C@@](C)(c3ccc(Cl)cc3F)O4)CC2)n1C[C@@H]1CCO1. The van der Waals surface area contributed by atoms with Crippen LogP contribution in [0.1, 0.15) is 68.6 Å². The van der Waals surface area contributed by atoms with E-state index in [1.807, 2.05) is 24.4 Å². The van der Waals surface area contributed by atoms with Crippen molar-refractivity contribution in [1.29, 1.82) is 0 Å². The first-order valence-corrected chi connectivity index (χ1v) is 15.3. The third kappa shape index (κ3) is 6.16. The van der Waals surface area contributed by atoms with E-state index in [1.54, 1.807) is 32.9 Å². The van der Waals surface area contributed by atoms with Gasteiger partial charge in [-0.2, -0.15) is 0 Å². The lowest BCUT2D eigenvalue weighted by Crippen LogP contribution is -2.35. The van der Waals surface area contributed by atoms with Gasteiger partial charge in [0.1, 0.15) is 11.6 Å². The molecule has 2 aromatic carbocycles. The summed E-state index contributed by atoms with van der Waals surface area (Å²) in [6.45, 7) is 9.60. The minimum Gasteiger partial charge on any atom is -0.463 e. The summed E-state index contributed by atoms with van der Waals surface area (Å²) in [5.74, 6) is 0.482. The number of carbonyl (C=O) groups is 1. The predicted molar refractivity (Wildman–Crippen MR) is 161 cm³/mol. The summed E-state index contributed by atoms with van der Waals surface area (Å²) in [6.07, 6.45) is 6.72. The fourth-order valence-electron chi connectivity index (χ4n) is 6.08. The molecule has 0 bridgehead atoms. The number of nitrogens with zero attached hydrogens (tertiary/aromatic N) is 3. The molecule has 0 aliphatic carbocycles. The number of hydrogen-bond donors (Lipinski definition) is 0. The molecule has 2 atom stereocenters. The Labute approximate surface area is 256 Å². The summed E-state index contributed by atoms with van der Waals surface area (Å²) in [5.41, 5.74) is 2.81. The molecule has 3 aliphatic heterocycles. The Hall–Kier alpha value is -3.40. The number of likely N-dealkylation sites (tertiary alicyclic amines) is 1. The first-order valence-electron chi connectivity index (χ1n) is 14.9. The molecule has 2 saturated heterocycles. The van der Waals surface area contributed by atoms with Crippen molar-refractivity contribution in [2.75, 3.05) is 26.3 Å². The van der Waals surface area contributed by atoms with E-state index >= 15 is 0 Å². The molecule has 3 aliphatic rings. The zero-order chi connectivity index (χ0) is 30.1. The highest BCUT2D eigenvalue weighted by atomic mass is 35.5. The van der Waals surface area contributed by atoms with Crippen LogP contribution in [-0.4, -0.2) is 52.8 Å². The van der Waals surface area contributed by atoms with Crippen molar-refractivity contribution in [2.45, 2.75) is 70.9 Å². The van der Waals surface area contributed by atoms with Crippen molar-refractivity contribution >= 4 is 23.6 Å². The highest BCUT2D eigenvalue weighted by Crippen LogP contribution is 2.49. The molecular formula is C33H37ClFN3O5. The number of ether oxygens (including phenoxy) is 4. The molecule has 0 saturated carbocycles. The number of hydrogen-bond acceptors (Lipinski definition) is 7. The molecule has 4 heterocycles. The molecule has 0 unspecified atom stereocenters. The van der Waals surface area contributed by atoms with Crippen molar-refractivity contribution in [3.63, 3.8) is 0 Å². The Balaban J connectivity index is 1.14. The lowest BCUT2D eigenvalue weighted by atomic mass is 9.88. The van der Waals surface area contributed by atoms with Crippen molar-refractivity contribution in [3.8, 4) is 11.5 Å². The third-order valence-corrected chi connectivity index (χ3v) is 8.77. The number of benzene rings is 2. The van der Waals surface area contributed by atoms with Gasteiger partial charge in [-0.25, -0.2) is 14.2 Å². The fourth-order valence-corrected chi connectivity index (χ4v) is 6.24. The molecule has 0 amide bonds. The lowest BCUT2D eigenvalue weighted by molar-refractivity contribution is -0.138. The Morgan fingerprint density at radius 2 is 2.00 bits per heavy atom. The van der Waals surface area contributed by atoms with Crippen molar-refractivity contribution < 1.29 is 28.1 Å². The summed E-state index contributed by atoms with van der Waals surface area (Å²) in [6, 6.07) is 10.5. The van der Waals surface area contributed by atoms with Crippen LogP contribution in [0.2, 0.25) is 5.02 Å². The summed E-state index contributed by atoms with van der Waals surface area (Å²) in [5, 5.41) is 0.325. The quantitative estimate of drug-likeness (QED) is 0.204. The van der Waals surface area contributed by atoms with Gasteiger partial charge in [0, 0.05) is 29.7 Å². The van der Waals surface area contributed by atoms with Gasteiger partial charge < -0.3 is 23.5 Å². The average molecular weight is 610 g/mol. The van der Waals surface area contributed by atoms with Gasteiger partial charge in [-0.05, 0) is 82.5 Å². The number of esters is 1. The standard InChI is InChI=1S/C33H37ClFN3O5/c1-4-40-32(39)21(2)16-24-18-36-30(38(24)19-25-12-15-41-25)20-37-13-10-22(11-14-37)26-6-5-7-29-31(26)43-33(3,42-29)27-9-8-23(34)17-28(27)35/h5-9,16-18,22,25H,4,10-15,19-20H2,1-3H3/b21-16+/t25-,33-/m0/s1. The molecule has 6 rings (SSSR count). The van der Waals surface area contributed by atoms with Crippen molar-refractivity contribution in [3.05, 3.63) is 81.7 Å². The van der Waals surface area contributed by atoms with Gasteiger partial charge in [-0.15, -0.1) is 0 Å². The van der Waals surface area contributed by atoms with Crippen LogP contribution >= 0.6 is 11.6 Å². The Morgan fingerprint density at radius 1 is 1.21 bits per heavy atom. The van der Waals surface area contributed by atoms with E-state index in [0.717, 1.165) is 56.0 Å². The third-order valence-electron chi connectivity index (χ3n) is 8.53. The van der Waals surface area contributed by atoms with Crippen LogP contribution in [0.15, 0.2) is 48.2 Å². The molecule has 2 fully saturated rings. The summed E-state index contributed by atoms with van der Waals surface area (Å²) < 4.78 is 40.4. The van der Waals surface area contributed by atoms with Crippen LogP contribution in [0.3, 0.4) is 0 Å². The van der Waals surface area contributed by atoms with Crippen molar-refractivity contribution in [1.82, 2.24) is 14.5 Å². The van der Waals surface area contributed by atoms with Crippen LogP contribution < -0.4 is 9.47 Å². The number of piperidine rings is 1. The van der Waals surface area contributed by atoms with E-state index in [9.17, 15) is 9.18 Å². The zero-order valence-electron chi connectivity index (χ0n) is 24.8. The van der Waals surface area contributed by atoms with Crippen LogP contribution in [0.4, 0.5) is 4.39 Å². The predicted octanol–water partition coefficient (Wildman–Crippen LogP) is 6.45. The van der Waals surface area contributed by atoms with Crippen LogP contribution in [0.5, 0.6) is 11.5 Å².